The standard InChI is InChI=1S/C56H40N2S/c1-59-54-29-13-10-25-50(54)56(49-24-9-12-28-53(49)58-52-27-11-8-22-47(52)48-23-15-26-51(56)55(48)58)43-19-14-18-42(38-43)41-32-36-46(37-33-41)57(44-20-6-3-7-21-44)45-34-30-40(31-35-45)39-16-4-2-5-17-39/h2-38H,1H3. The molecule has 0 fully saturated rings. The lowest BCUT2D eigenvalue weighted by Gasteiger charge is -2.42. The van der Waals surface area contributed by atoms with E-state index in [-0.39, 0.29) is 0 Å². The molecule has 0 saturated heterocycles. The normalized spacial score (nSPS) is 14.3. The minimum atomic E-state index is -0.577. The first-order valence-electron chi connectivity index (χ1n) is 20.2. The van der Waals surface area contributed by atoms with Crippen molar-refractivity contribution in [3.63, 3.8) is 0 Å². The van der Waals surface area contributed by atoms with Gasteiger partial charge in [-0.3, -0.25) is 0 Å². The number of benzene rings is 9. The second-order valence-electron chi connectivity index (χ2n) is 15.2. The molecule has 2 nitrogen and oxygen atoms in total. The average Bonchev–Trinajstić information content (AvgIpc) is 3.66. The van der Waals surface area contributed by atoms with E-state index in [1.807, 2.05) is 11.8 Å². The van der Waals surface area contributed by atoms with Crippen molar-refractivity contribution in [2.24, 2.45) is 0 Å². The van der Waals surface area contributed by atoms with Crippen molar-refractivity contribution in [3.05, 3.63) is 247 Å². The summed E-state index contributed by atoms with van der Waals surface area (Å²) < 4.78 is 2.51. The van der Waals surface area contributed by atoms with Crippen LogP contribution in [0.25, 0.3) is 49.7 Å². The van der Waals surface area contributed by atoms with Gasteiger partial charge in [-0.05, 0) is 111 Å². The Bertz CT molecular complexity index is 3130. The second-order valence-corrected chi connectivity index (χ2v) is 16.1. The fraction of sp³-hybridized carbons (Fsp3) is 0.0357. The summed E-state index contributed by atoms with van der Waals surface area (Å²) in [6, 6.07) is 82.3. The topological polar surface area (TPSA) is 8.17 Å². The van der Waals surface area contributed by atoms with Crippen molar-refractivity contribution in [1.29, 1.82) is 0 Å². The van der Waals surface area contributed by atoms with Crippen LogP contribution in [0.15, 0.2) is 229 Å². The third-order valence-electron chi connectivity index (χ3n) is 12.2. The molecule has 0 N–H and O–H groups in total. The maximum atomic E-state index is 2.51. The zero-order valence-electron chi connectivity index (χ0n) is 32.7. The molecule has 59 heavy (non-hydrogen) atoms. The number of anilines is 3. The fourth-order valence-corrected chi connectivity index (χ4v) is 10.3. The molecule has 0 amide bonds. The maximum Gasteiger partial charge on any atom is 0.0753 e. The summed E-state index contributed by atoms with van der Waals surface area (Å²) in [5.41, 5.74) is 16.4. The summed E-state index contributed by atoms with van der Waals surface area (Å²) in [5.74, 6) is 0. The Balaban J connectivity index is 1.08. The minimum absolute atomic E-state index is 0.577. The highest BCUT2D eigenvalue weighted by atomic mass is 32.2. The first-order valence-corrected chi connectivity index (χ1v) is 21.4. The predicted octanol–water partition coefficient (Wildman–Crippen LogP) is 15.0. The summed E-state index contributed by atoms with van der Waals surface area (Å²) in [6.45, 7) is 0. The van der Waals surface area contributed by atoms with Crippen LogP contribution in [0.3, 0.4) is 0 Å². The third kappa shape index (κ3) is 5.57. The summed E-state index contributed by atoms with van der Waals surface area (Å²) in [6.07, 6.45) is 2.20. The average molecular weight is 773 g/mol. The molecular formula is C56H40N2S. The quantitative estimate of drug-likeness (QED) is 0.142. The van der Waals surface area contributed by atoms with Crippen LogP contribution in [0.5, 0.6) is 0 Å². The van der Waals surface area contributed by atoms with E-state index in [1.54, 1.807) is 0 Å². The van der Waals surface area contributed by atoms with E-state index in [2.05, 4.69) is 240 Å². The summed E-state index contributed by atoms with van der Waals surface area (Å²) in [4.78, 5) is 3.61. The largest absolute Gasteiger partial charge is 0.311 e. The van der Waals surface area contributed by atoms with Crippen molar-refractivity contribution in [1.82, 2.24) is 4.57 Å². The van der Waals surface area contributed by atoms with Crippen LogP contribution in [0, 0.1) is 0 Å². The molecule has 1 unspecified atom stereocenters. The van der Waals surface area contributed by atoms with Gasteiger partial charge in [0.1, 0.15) is 0 Å². The molecule has 0 bridgehead atoms. The van der Waals surface area contributed by atoms with Gasteiger partial charge in [-0.1, -0.05) is 164 Å². The molecule has 11 rings (SSSR count). The molecule has 3 heteroatoms. The van der Waals surface area contributed by atoms with Gasteiger partial charge in [-0.25, -0.2) is 0 Å². The van der Waals surface area contributed by atoms with Crippen molar-refractivity contribution >= 4 is 50.6 Å². The Morgan fingerprint density at radius 3 is 1.68 bits per heavy atom. The highest BCUT2D eigenvalue weighted by Gasteiger charge is 2.46. The number of thioether (sulfide) groups is 1. The van der Waals surface area contributed by atoms with Gasteiger partial charge in [0.15, 0.2) is 0 Å². The van der Waals surface area contributed by atoms with E-state index in [0.29, 0.717) is 0 Å². The van der Waals surface area contributed by atoms with E-state index in [0.717, 1.165) is 17.1 Å². The van der Waals surface area contributed by atoms with Gasteiger partial charge in [-0.15, -0.1) is 11.8 Å². The Morgan fingerprint density at radius 1 is 0.407 bits per heavy atom. The fourth-order valence-electron chi connectivity index (χ4n) is 9.61. The van der Waals surface area contributed by atoms with E-state index < -0.39 is 5.41 Å². The monoisotopic (exact) mass is 772 g/mol. The van der Waals surface area contributed by atoms with Crippen molar-refractivity contribution in [2.75, 3.05) is 11.2 Å². The van der Waals surface area contributed by atoms with Crippen LogP contribution in [-0.4, -0.2) is 10.8 Å². The van der Waals surface area contributed by atoms with Crippen LogP contribution in [0.4, 0.5) is 17.1 Å². The summed E-state index contributed by atoms with van der Waals surface area (Å²) >= 11 is 1.82. The van der Waals surface area contributed by atoms with Crippen LogP contribution in [-0.2, 0) is 5.41 Å². The first kappa shape index (κ1) is 35.1. The van der Waals surface area contributed by atoms with Crippen LogP contribution in [0.1, 0.15) is 22.3 Å². The number of nitrogens with zero attached hydrogens (tertiary/aromatic N) is 2. The highest BCUT2D eigenvalue weighted by molar-refractivity contribution is 7.98. The molecular weight excluding hydrogens is 733 g/mol. The smallest absolute Gasteiger partial charge is 0.0753 e. The van der Waals surface area contributed by atoms with Crippen molar-refractivity contribution < 1.29 is 0 Å². The van der Waals surface area contributed by atoms with Crippen molar-refractivity contribution in [2.45, 2.75) is 10.3 Å². The van der Waals surface area contributed by atoms with Crippen LogP contribution in [0.2, 0.25) is 0 Å². The van der Waals surface area contributed by atoms with Crippen LogP contribution < -0.4 is 4.90 Å². The number of para-hydroxylation sites is 4. The van der Waals surface area contributed by atoms with Gasteiger partial charge in [0.2, 0.25) is 0 Å². The SMILES string of the molecule is CSc1ccccc1C1(c2cccc(-c3ccc(N(c4ccccc4)c4ccc(-c5ccccc5)cc4)cc3)c2)c2ccccc2-n2c3ccccc3c3cccc1c32. The van der Waals surface area contributed by atoms with Crippen molar-refractivity contribution in [3.8, 4) is 27.9 Å². The predicted molar refractivity (Wildman–Crippen MR) is 250 cm³/mol. The second kappa shape index (κ2) is 14.4. The lowest BCUT2D eigenvalue weighted by atomic mass is 9.63. The number of hydrogen-bond acceptors (Lipinski definition) is 2. The zero-order valence-corrected chi connectivity index (χ0v) is 33.5. The molecule has 1 aromatic heterocycles. The molecule has 280 valence electrons. The number of rotatable bonds is 8. The molecule has 10 aromatic rings. The molecule has 9 aromatic carbocycles. The van der Waals surface area contributed by atoms with Gasteiger partial charge in [0.25, 0.3) is 0 Å². The third-order valence-corrected chi connectivity index (χ3v) is 13.0. The van der Waals surface area contributed by atoms with Crippen LogP contribution >= 0.6 is 11.8 Å². The lowest BCUT2D eigenvalue weighted by Crippen LogP contribution is -2.36. The number of aromatic nitrogens is 1. The van der Waals surface area contributed by atoms with E-state index in [4.69, 9.17) is 0 Å². The Labute approximate surface area is 349 Å². The van der Waals surface area contributed by atoms with Gasteiger partial charge >= 0.3 is 0 Å². The van der Waals surface area contributed by atoms with Gasteiger partial charge in [0.05, 0.1) is 22.1 Å². The number of hydrogen-bond donors (Lipinski definition) is 0. The molecule has 0 aliphatic carbocycles. The molecule has 2 heterocycles. The molecule has 1 aliphatic rings. The minimum Gasteiger partial charge on any atom is -0.311 e. The highest BCUT2D eigenvalue weighted by Crippen LogP contribution is 2.56. The van der Waals surface area contributed by atoms with Gasteiger partial charge in [-0.2, -0.15) is 0 Å². The molecule has 1 atom stereocenters. The Hall–Kier alpha value is -7.07. The zero-order chi connectivity index (χ0) is 39.3. The van der Waals surface area contributed by atoms with E-state index in [9.17, 15) is 0 Å². The summed E-state index contributed by atoms with van der Waals surface area (Å²) in [5, 5.41) is 2.56. The van der Waals surface area contributed by atoms with Gasteiger partial charge < -0.3 is 9.47 Å². The summed E-state index contributed by atoms with van der Waals surface area (Å²) in [7, 11) is 0. The molecule has 1 aliphatic heterocycles. The maximum absolute atomic E-state index is 2.51. The number of fused-ring (bicyclic) bond motifs is 5. The Morgan fingerprint density at radius 2 is 0.932 bits per heavy atom. The van der Waals surface area contributed by atoms with Gasteiger partial charge in [0, 0.05) is 32.7 Å². The van der Waals surface area contributed by atoms with E-state index in [1.165, 1.54) is 76.9 Å². The molecule has 0 saturated carbocycles. The molecule has 0 spiro atoms. The lowest BCUT2D eigenvalue weighted by molar-refractivity contribution is 0.712. The first-order chi connectivity index (χ1) is 29.2. The molecule has 0 radical (unpaired) electrons. The Kier molecular flexibility index (Phi) is 8.57. The van der Waals surface area contributed by atoms with E-state index >= 15 is 0 Å².